The van der Waals surface area contributed by atoms with Gasteiger partial charge in [0.25, 0.3) is 10.2 Å². The van der Waals surface area contributed by atoms with E-state index in [4.69, 9.17) is 0 Å². The lowest BCUT2D eigenvalue weighted by molar-refractivity contribution is 0.132. The molecule has 0 amide bonds. The summed E-state index contributed by atoms with van der Waals surface area (Å²) in [5.74, 6) is 0.566. The molecule has 1 aliphatic carbocycles. The molecule has 3 rings (SSSR count). The molecule has 20 heavy (non-hydrogen) atoms. The maximum Gasteiger partial charge on any atom is 0.282 e. The Hall–Kier alpha value is -0.170. The van der Waals surface area contributed by atoms with Crippen LogP contribution in [0, 0.1) is 5.92 Å². The van der Waals surface area contributed by atoms with Crippen molar-refractivity contribution >= 4 is 10.2 Å². The zero-order valence-corrected chi connectivity index (χ0v) is 12.9. The highest BCUT2D eigenvalue weighted by Crippen LogP contribution is 2.39. The fourth-order valence-corrected chi connectivity index (χ4v) is 6.45. The van der Waals surface area contributed by atoms with Crippen LogP contribution >= 0.6 is 0 Å². The largest absolute Gasteiger partial charge is 0.395 e. The van der Waals surface area contributed by atoms with Crippen molar-refractivity contribution in [1.29, 1.82) is 0 Å². The topological polar surface area (TPSA) is 60.9 Å². The molecule has 2 heterocycles. The van der Waals surface area contributed by atoms with E-state index >= 15 is 0 Å². The molecule has 0 aromatic rings. The molecule has 116 valence electrons. The van der Waals surface area contributed by atoms with Gasteiger partial charge in [0, 0.05) is 25.2 Å². The molecule has 0 spiro atoms. The van der Waals surface area contributed by atoms with Crippen molar-refractivity contribution in [2.75, 3.05) is 19.7 Å². The van der Waals surface area contributed by atoms with Gasteiger partial charge < -0.3 is 5.11 Å². The third-order valence-corrected chi connectivity index (χ3v) is 7.44. The van der Waals surface area contributed by atoms with Crippen LogP contribution in [0.5, 0.6) is 0 Å². The average Bonchev–Trinajstić information content (AvgIpc) is 2.95. The van der Waals surface area contributed by atoms with Crippen LogP contribution in [0.3, 0.4) is 0 Å². The van der Waals surface area contributed by atoms with Crippen molar-refractivity contribution in [1.82, 2.24) is 8.61 Å². The lowest BCUT2D eigenvalue weighted by Crippen LogP contribution is -2.56. The lowest BCUT2D eigenvalue weighted by atomic mass is 9.94. The van der Waals surface area contributed by atoms with E-state index in [1.807, 2.05) is 0 Å². The van der Waals surface area contributed by atoms with Gasteiger partial charge in [-0.2, -0.15) is 17.0 Å². The zero-order valence-electron chi connectivity index (χ0n) is 12.1. The molecular weight excluding hydrogens is 276 g/mol. The molecule has 1 saturated carbocycles. The number of nitrogens with zero attached hydrogens (tertiary/aromatic N) is 2. The van der Waals surface area contributed by atoms with Gasteiger partial charge in [0.15, 0.2) is 0 Å². The summed E-state index contributed by atoms with van der Waals surface area (Å²) < 4.78 is 29.3. The van der Waals surface area contributed by atoms with E-state index < -0.39 is 10.2 Å². The number of piperidine rings is 2. The minimum Gasteiger partial charge on any atom is -0.395 e. The second-order valence-corrected chi connectivity index (χ2v) is 8.30. The number of aliphatic hydroxyl groups is 1. The highest BCUT2D eigenvalue weighted by atomic mass is 32.2. The molecule has 1 N–H and O–H groups in total. The first-order chi connectivity index (χ1) is 9.64. The second kappa shape index (κ2) is 5.91. The Morgan fingerprint density at radius 2 is 1.65 bits per heavy atom. The Kier molecular flexibility index (Phi) is 4.36. The molecule has 3 fully saturated rings. The van der Waals surface area contributed by atoms with Crippen LogP contribution in [-0.4, -0.2) is 53.9 Å². The van der Waals surface area contributed by atoms with Gasteiger partial charge in [-0.25, -0.2) is 0 Å². The molecule has 5 nitrogen and oxygen atoms in total. The number of hydrogen-bond acceptors (Lipinski definition) is 3. The minimum atomic E-state index is -3.39. The molecule has 3 aliphatic rings. The van der Waals surface area contributed by atoms with Crippen molar-refractivity contribution in [3.63, 3.8) is 0 Å². The Labute approximate surface area is 122 Å². The van der Waals surface area contributed by atoms with E-state index in [2.05, 4.69) is 0 Å². The van der Waals surface area contributed by atoms with Crippen LogP contribution in [0.2, 0.25) is 0 Å². The van der Waals surface area contributed by atoms with Crippen LogP contribution in [0.15, 0.2) is 0 Å². The molecule has 0 bridgehead atoms. The third kappa shape index (κ3) is 2.51. The Bertz CT molecular complexity index is 440. The Morgan fingerprint density at radius 1 is 0.900 bits per heavy atom. The summed E-state index contributed by atoms with van der Waals surface area (Å²) in [6.07, 6.45) is 8.24. The highest BCUT2D eigenvalue weighted by Gasteiger charge is 2.44. The van der Waals surface area contributed by atoms with E-state index in [1.54, 1.807) is 8.61 Å². The van der Waals surface area contributed by atoms with Gasteiger partial charge in [0.1, 0.15) is 0 Å². The number of aliphatic hydroxyl groups excluding tert-OH is 1. The zero-order chi connectivity index (χ0) is 14.2. The SMILES string of the molecule is O=S(=O)(N1CCCCC1CO)N1CCCC2CCCC21. The predicted molar refractivity (Wildman–Crippen MR) is 77.4 cm³/mol. The van der Waals surface area contributed by atoms with Gasteiger partial charge in [0.2, 0.25) is 0 Å². The monoisotopic (exact) mass is 302 g/mol. The number of fused-ring (bicyclic) bond motifs is 1. The predicted octanol–water partition coefficient (Wildman–Crippen LogP) is 1.34. The summed E-state index contributed by atoms with van der Waals surface area (Å²) in [4.78, 5) is 0. The van der Waals surface area contributed by atoms with Crippen LogP contribution in [0.1, 0.15) is 51.4 Å². The van der Waals surface area contributed by atoms with Crippen molar-refractivity contribution in [3.8, 4) is 0 Å². The van der Waals surface area contributed by atoms with Gasteiger partial charge in [-0.15, -0.1) is 0 Å². The lowest BCUT2D eigenvalue weighted by Gasteiger charge is -2.42. The summed E-state index contributed by atoms with van der Waals surface area (Å²) in [5, 5.41) is 9.49. The van der Waals surface area contributed by atoms with Crippen molar-refractivity contribution in [2.45, 2.75) is 63.5 Å². The maximum atomic E-state index is 13.0. The Balaban J connectivity index is 1.82. The fourth-order valence-electron chi connectivity index (χ4n) is 4.29. The van der Waals surface area contributed by atoms with Crippen molar-refractivity contribution in [3.05, 3.63) is 0 Å². The summed E-state index contributed by atoms with van der Waals surface area (Å²) in [5.41, 5.74) is 0. The Morgan fingerprint density at radius 3 is 2.45 bits per heavy atom. The molecule has 6 heteroatoms. The van der Waals surface area contributed by atoms with Crippen LogP contribution < -0.4 is 0 Å². The van der Waals surface area contributed by atoms with Gasteiger partial charge in [-0.05, 0) is 44.4 Å². The van der Waals surface area contributed by atoms with Gasteiger partial charge in [-0.1, -0.05) is 12.8 Å². The third-order valence-electron chi connectivity index (χ3n) is 5.32. The smallest absolute Gasteiger partial charge is 0.282 e. The van der Waals surface area contributed by atoms with Crippen LogP contribution in [0.4, 0.5) is 0 Å². The second-order valence-electron chi connectivity index (χ2n) is 6.46. The van der Waals surface area contributed by atoms with Gasteiger partial charge >= 0.3 is 0 Å². The van der Waals surface area contributed by atoms with E-state index in [0.29, 0.717) is 19.0 Å². The first-order valence-corrected chi connectivity index (χ1v) is 9.44. The van der Waals surface area contributed by atoms with Crippen LogP contribution in [0.25, 0.3) is 0 Å². The number of rotatable bonds is 3. The normalized spacial score (nSPS) is 37.0. The van der Waals surface area contributed by atoms with E-state index in [0.717, 1.165) is 38.5 Å². The molecule has 0 radical (unpaired) electrons. The molecule has 0 aromatic heterocycles. The first kappa shape index (κ1) is 14.8. The summed E-state index contributed by atoms with van der Waals surface area (Å²) in [7, 11) is -3.39. The molecule has 3 unspecified atom stereocenters. The van der Waals surface area contributed by atoms with Crippen molar-refractivity contribution < 1.29 is 13.5 Å². The average molecular weight is 302 g/mol. The quantitative estimate of drug-likeness (QED) is 0.856. The number of hydrogen-bond donors (Lipinski definition) is 1. The summed E-state index contributed by atoms with van der Waals surface area (Å²) in [6.45, 7) is 1.18. The molecule has 2 aliphatic heterocycles. The van der Waals surface area contributed by atoms with E-state index in [9.17, 15) is 13.5 Å². The molecule has 2 saturated heterocycles. The molecule has 3 atom stereocenters. The van der Waals surface area contributed by atoms with Gasteiger partial charge in [0.05, 0.1) is 6.61 Å². The standard InChI is InChI=1S/C14H26N2O3S/c17-11-13-7-1-2-9-15(13)20(18,19)16-10-4-6-12-5-3-8-14(12)16/h12-14,17H,1-11H2. The molecule has 0 aromatic carbocycles. The van der Waals surface area contributed by atoms with Crippen LogP contribution in [-0.2, 0) is 10.2 Å². The first-order valence-electron chi connectivity index (χ1n) is 8.04. The van der Waals surface area contributed by atoms with E-state index in [-0.39, 0.29) is 18.7 Å². The summed E-state index contributed by atoms with van der Waals surface area (Å²) >= 11 is 0. The van der Waals surface area contributed by atoms with E-state index in [1.165, 1.54) is 12.8 Å². The fraction of sp³-hybridized carbons (Fsp3) is 1.00. The maximum absolute atomic E-state index is 13.0. The highest BCUT2D eigenvalue weighted by molar-refractivity contribution is 7.86. The van der Waals surface area contributed by atoms with Crippen molar-refractivity contribution in [2.24, 2.45) is 5.92 Å². The van der Waals surface area contributed by atoms with Gasteiger partial charge in [-0.3, -0.25) is 0 Å². The molecular formula is C14H26N2O3S. The minimum absolute atomic E-state index is 0.0544. The summed E-state index contributed by atoms with van der Waals surface area (Å²) in [6, 6.07) is 0.00514.